The average Bonchev–Trinajstić information content (AvgIpc) is 2.89. The van der Waals surface area contributed by atoms with Gasteiger partial charge in [0.1, 0.15) is 0 Å². The predicted octanol–water partition coefficient (Wildman–Crippen LogP) is 3.43. The molecule has 1 aromatic carbocycles. The Morgan fingerprint density at radius 3 is 2.41 bits per heavy atom. The minimum Gasteiger partial charge on any atom is -0.454 e. The van der Waals surface area contributed by atoms with Gasteiger partial charge in [-0.15, -0.1) is 6.58 Å². The number of aliphatic hydroxyl groups is 1. The molecule has 0 fully saturated rings. The third-order valence-corrected chi connectivity index (χ3v) is 6.41. The topological polar surface area (TPSA) is 81.8 Å². The van der Waals surface area contributed by atoms with E-state index < -0.39 is 19.1 Å². The molecule has 1 aromatic rings. The van der Waals surface area contributed by atoms with Gasteiger partial charge >= 0.3 is 0 Å². The Bertz CT molecular complexity index is 623. The molecule has 6 nitrogen and oxygen atoms in total. The molecule has 0 radical (unpaired) electrons. The van der Waals surface area contributed by atoms with Crippen LogP contribution in [0.2, 0.25) is 19.6 Å². The average molecular weight is 323 g/mol. The van der Waals surface area contributed by atoms with Gasteiger partial charge in [0, 0.05) is 5.92 Å². The van der Waals surface area contributed by atoms with Crippen LogP contribution in [-0.2, 0) is 0 Å². The first kappa shape index (κ1) is 16.5. The van der Waals surface area contributed by atoms with Crippen molar-refractivity contribution < 1.29 is 19.5 Å². The highest BCUT2D eigenvalue weighted by atomic mass is 28.3. The Morgan fingerprint density at radius 2 is 1.91 bits per heavy atom. The van der Waals surface area contributed by atoms with Crippen molar-refractivity contribution in [3.8, 4) is 11.5 Å². The second-order valence-electron chi connectivity index (χ2n) is 6.53. The highest BCUT2D eigenvalue weighted by Crippen LogP contribution is 2.43. The Hall–Kier alpha value is -1.86. The number of nitro groups is 1. The molecule has 120 valence electrons. The molecule has 0 bridgehead atoms. The van der Waals surface area contributed by atoms with Crippen LogP contribution in [-0.4, -0.2) is 24.9 Å². The maximum atomic E-state index is 11.3. The lowest BCUT2D eigenvalue weighted by molar-refractivity contribution is -0.386. The number of benzene rings is 1. The Kier molecular flexibility index (Phi) is 4.30. The molecule has 0 unspecified atom stereocenters. The maximum Gasteiger partial charge on any atom is 0.279 e. The Morgan fingerprint density at radius 1 is 1.36 bits per heavy atom. The number of hydrogen-bond donors (Lipinski definition) is 1. The molecule has 2 rings (SSSR count). The van der Waals surface area contributed by atoms with Crippen molar-refractivity contribution in [3.05, 3.63) is 39.6 Å². The van der Waals surface area contributed by atoms with Gasteiger partial charge in [-0.25, -0.2) is 0 Å². The van der Waals surface area contributed by atoms with Crippen LogP contribution in [0.15, 0.2) is 23.9 Å². The van der Waals surface area contributed by atoms with E-state index in [9.17, 15) is 15.2 Å². The number of hydrogen-bond acceptors (Lipinski definition) is 5. The molecule has 1 aliphatic rings. The Balaban J connectivity index is 2.43. The van der Waals surface area contributed by atoms with Crippen LogP contribution in [0.4, 0.5) is 5.69 Å². The molecule has 0 saturated carbocycles. The standard InChI is InChI=1S/C15H21NO5Si/c1-9(10(2)22(3,4)5)15(17)11-6-13-14(21-8-20-13)7-12(11)16(18)19/h6-7,9,15,17H,2,8H2,1,3-5H3/t9-,15+/m1/s1. The summed E-state index contributed by atoms with van der Waals surface area (Å²) in [6, 6.07) is 2.81. The monoisotopic (exact) mass is 323 g/mol. The molecule has 0 amide bonds. The van der Waals surface area contributed by atoms with Crippen molar-refractivity contribution >= 4 is 13.8 Å². The minimum absolute atomic E-state index is 0.0310. The fourth-order valence-corrected chi connectivity index (χ4v) is 4.01. The molecule has 0 aliphatic carbocycles. The van der Waals surface area contributed by atoms with E-state index >= 15 is 0 Å². The molecule has 7 heteroatoms. The van der Waals surface area contributed by atoms with Gasteiger partial charge in [-0.3, -0.25) is 10.1 Å². The number of aliphatic hydroxyl groups excluding tert-OH is 1. The van der Waals surface area contributed by atoms with Crippen molar-refractivity contribution in [2.45, 2.75) is 32.7 Å². The summed E-state index contributed by atoms with van der Waals surface area (Å²) in [5.74, 6) is 0.482. The third kappa shape index (κ3) is 3.00. The normalized spacial score (nSPS) is 16.2. The van der Waals surface area contributed by atoms with Crippen LogP contribution in [0, 0.1) is 16.0 Å². The maximum absolute atomic E-state index is 11.3. The summed E-state index contributed by atoms with van der Waals surface area (Å²) in [4.78, 5) is 10.8. The molecular formula is C15H21NO5Si. The van der Waals surface area contributed by atoms with Crippen LogP contribution in [0.5, 0.6) is 11.5 Å². The van der Waals surface area contributed by atoms with E-state index in [1.54, 1.807) is 0 Å². The molecule has 22 heavy (non-hydrogen) atoms. The molecular weight excluding hydrogens is 302 g/mol. The summed E-state index contributed by atoms with van der Waals surface area (Å²) in [6.07, 6.45) is -1.01. The number of rotatable bonds is 5. The van der Waals surface area contributed by atoms with Crippen LogP contribution in [0.3, 0.4) is 0 Å². The van der Waals surface area contributed by atoms with E-state index in [1.807, 2.05) is 6.92 Å². The quantitative estimate of drug-likeness (QED) is 0.510. The van der Waals surface area contributed by atoms with Crippen molar-refractivity contribution in [2.75, 3.05) is 6.79 Å². The lowest BCUT2D eigenvalue weighted by Crippen LogP contribution is -2.30. The van der Waals surface area contributed by atoms with Gasteiger partial charge in [0.25, 0.3) is 5.69 Å². The third-order valence-electron chi connectivity index (χ3n) is 4.02. The summed E-state index contributed by atoms with van der Waals surface area (Å²) in [5, 5.41) is 22.9. The van der Waals surface area contributed by atoms with Gasteiger partial charge in [0.15, 0.2) is 11.5 Å². The van der Waals surface area contributed by atoms with E-state index in [0.717, 1.165) is 5.20 Å². The van der Waals surface area contributed by atoms with Crippen LogP contribution in [0.25, 0.3) is 0 Å². The van der Waals surface area contributed by atoms with Gasteiger partial charge in [-0.05, 0) is 6.07 Å². The van der Waals surface area contributed by atoms with Gasteiger partial charge in [0.2, 0.25) is 6.79 Å². The van der Waals surface area contributed by atoms with Crippen molar-refractivity contribution in [2.24, 2.45) is 5.92 Å². The SMILES string of the molecule is C=C([C@@H](C)[C@H](O)c1cc2c(cc1[N+](=O)[O-])OCO2)[Si](C)(C)C. The minimum atomic E-state index is -1.66. The van der Waals surface area contributed by atoms with E-state index in [2.05, 4.69) is 26.2 Å². The molecule has 0 aromatic heterocycles. The van der Waals surface area contributed by atoms with Crippen molar-refractivity contribution in [1.29, 1.82) is 0 Å². The molecule has 1 heterocycles. The molecule has 0 saturated heterocycles. The van der Waals surface area contributed by atoms with Gasteiger partial charge in [-0.2, -0.15) is 0 Å². The van der Waals surface area contributed by atoms with Gasteiger partial charge < -0.3 is 14.6 Å². The summed E-state index contributed by atoms with van der Waals surface area (Å²) < 4.78 is 10.4. The first-order valence-electron chi connectivity index (χ1n) is 7.08. The predicted molar refractivity (Wildman–Crippen MR) is 85.8 cm³/mol. The van der Waals surface area contributed by atoms with Crippen LogP contribution in [0.1, 0.15) is 18.6 Å². The van der Waals surface area contributed by atoms with E-state index in [1.165, 1.54) is 12.1 Å². The first-order chi connectivity index (χ1) is 10.1. The molecule has 1 aliphatic heterocycles. The number of nitro benzene ring substituents is 1. The summed E-state index contributed by atoms with van der Waals surface area (Å²) in [5.41, 5.74) is 0.0770. The van der Waals surface area contributed by atoms with E-state index in [4.69, 9.17) is 9.47 Å². The largest absolute Gasteiger partial charge is 0.454 e. The summed E-state index contributed by atoms with van der Waals surface area (Å²) in [6.45, 7) is 12.4. The molecule has 1 N–H and O–H groups in total. The second kappa shape index (κ2) is 5.73. The van der Waals surface area contributed by atoms with Gasteiger partial charge in [0.05, 0.1) is 30.7 Å². The van der Waals surface area contributed by atoms with Crippen molar-refractivity contribution in [3.63, 3.8) is 0 Å². The Labute approximate surface area is 130 Å². The number of nitrogens with zero attached hydrogens (tertiary/aromatic N) is 1. The van der Waals surface area contributed by atoms with E-state index in [0.29, 0.717) is 11.5 Å². The molecule has 2 atom stereocenters. The second-order valence-corrected chi connectivity index (χ2v) is 11.7. The summed E-state index contributed by atoms with van der Waals surface area (Å²) in [7, 11) is -1.66. The zero-order valence-corrected chi connectivity index (χ0v) is 14.3. The van der Waals surface area contributed by atoms with E-state index in [-0.39, 0.29) is 24.0 Å². The highest BCUT2D eigenvalue weighted by Gasteiger charge is 2.33. The zero-order chi connectivity index (χ0) is 16.7. The zero-order valence-electron chi connectivity index (χ0n) is 13.3. The number of ether oxygens (including phenoxy) is 2. The number of fused-ring (bicyclic) bond motifs is 1. The highest BCUT2D eigenvalue weighted by molar-refractivity contribution is 6.83. The molecule has 0 spiro atoms. The van der Waals surface area contributed by atoms with Crippen LogP contribution >= 0.6 is 0 Å². The van der Waals surface area contributed by atoms with Gasteiger partial charge in [-0.1, -0.05) is 31.8 Å². The fourth-order valence-electron chi connectivity index (χ4n) is 2.48. The lowest BCUT2D eigenvalue weighted by atomic mass is 9.95. The lowest BCUT2D eigenvalue weighted by Gasteiger charge is -2.29. The first-order valence-corrected chi connectivity index (χ1v) is 10.6. The smallest absolute Gasteiger partial charge is 0.279 e. The van der Waals surface area contributed by atoms with Crippen molar-refractivity contribution in [1.82, 2.24) is 0 Å². The fraction of sp³-hybridized carbons (Fsp3) is 0.467. The van der Waals surface area contributed by atoms with Crippen LogP contribution < -0.4 is 9.47 Å². The summed E-state index contributed by atoms with van der Waals surface area (Å²) >= 11 is 0.